The highest BCUT2D eigenvalue weighted by atomic mass is 16.4. The SMILES string of the molecule is CC(C)CC(NC(=O)C(CC(=O)O)NC(=O)C(N)CCCCN)C(=O)NC(Cc1ccc(O)cc1)C(=O)O. The van der Waals surface area contributed by atoms with Crippen LogP contribution < -0.4 is 27.4 Å². The van der Waals surface area contributed by atoms with Gasteiger partial charge >= 0.3 is 11.9 Å². The molecule has 0 saturated heterocycles. The van der Waals surface area contributed by atoms with Crippen molar-refractivity contribution >= 4 is 29.7 Å². The highest BCUT2D eigenvalue weighted by Crippen LogP contribution is 2.12. The van der Waals surface area contributed by atoms with Crippen molar-refractivity contribution in [3.8, 4) is 5.75 Å². The zero-order valence-corrected chi connectivity index (χ0v) is 21.7. The fraction of sp³-hybridized carbons (Fsp3) is 0.560. The van der Waals surface area contributed by atoms with E-state index >= 15 is 0 Å². The molecule has 4 atom stereocenters. The van der Waals surface area contributed by atoms with Crippen molar-refractivity contribution in [2.24, 2.45) is 17.4 Å². The summed E-state index contributed by atoms with van der Waals surface area (Å²) in [6.07, 6.45) is 0.809. The first-order valence-corrected chi connectivity index (χ1v) is 12.4. The summed E-state index contributed by atoms with van der Waals surface area (Å²) < 4.78 is 0. The highest BCUT2D eigenvalue weighted by Gasteiger charge is 2.31. The van der Waals surface area contributed by atoms with Gasteiger partial charge in [-0.15, -0.1) is 0 Å². The number of nitrogens with one attached hydrogen (secondary N) is 3. The Kier molecular flexibility index (Phi) is 13.8. The van der Waals surface area contributed by atoms with Crippen molar-refractivity contribution in [2.45, 2.75) is 76.5 Å². The largest absolute Gasteiger partial charge is 0.508 e. The molecule has 4 unspecified atom stereocenters. The van der Waals surface area contributed by atoms with Crippen molar-refractivity contribution in [3.63, 3.8) is 0 Å². The summed E-state index contributed by atoms with van der Waals surface area (Å²) in [5, 5.41) is 35.5. The van der Waals surface area contributed by atoms with Gasteiger partial charge in [-0.25, -0.2) is 4.79 Å². The number of hydrogen-bond acceptors (Lipinski definition) is 8. The number of benzene rings is 1. The number of aromatic hydroxyl groups is 1. The van der Waals surface area contributed by atoms with Crippen LogP contribution in [0, 0.1) is 5.92 Å². The maximum absolute atomic E-state index is 13.0. The molecule has 13 nitrogen and oxygen atoms in total. The molecule has 38 heavy (non-hydrogen) atoms. The summed E-state index contributed by atoms with van der Waals surface area (Å²) in [7, 11) is 0. The minimum Gasteiger partial charge on any atom is -0.508 e. The van der Waals surface area contributed by atoms with Gasteiger partial charge in [0.25, 0.3) is 0 Å². The van der Waals surface area contributed by atoms with Crippen LogP contribution in [-0.2, 0) is 30.4 Å². The molecule has 1 rings (SSSR count). The Labute approximate surface area is 221 Å². The van der Waals surface area contributed by atoms with Crippen LogP contribution in [0.5, 0.6) is 5.75 Å². The number of carboxylic acid groups (broad SMARTS) is 2. The summed E-state index contributed by atoms with van der Waals surface area (Å²) in [6.45, 7) is 4.00. The summed E-state index contributed by atoms with van der Waals surface area (Å²) in [4.78, 5) is 61.6. The Morgan fingerprint density at radius 3 is 1.92 bits per heavy atom. The van der Waals surface area contributed by atoms with E-state index in [1.807, 2.05) is 0 Å². The first-order valence-electron chi connectivity index (χ1n) is 12.4. The lowest BCUT2D eigenvalue weighted by Crippen LogP contribution is -2.57. The number of carbonyl (C=O) groups excluding carboxylic acids is 3. The van der Waals surface area contributed by atoms with Crippen LogP contribution >= 0.6 is 0 Å². The van der Waals surface area contributed by atoms with Gasteiger partial charge in [-0.3, -0.25) is 19.2 Å². The normalized spacial score (nSPS) is 14.1. The van der Waals surface area contributed by atoms with Crippen molar-refractivity contribution in [1.29, 1.82) is 0 Å². The van der Waals surface area contributed by atoms with Crippen molar-refractivity contribution in [2.75, 3.05) is 6.54 Å². The van der Waals surface area contributed by atoms with Gasteiger partial charge in [0.15, 0.2) is 0 Å². The molecular formula is C25H39N5O8. The van der Waals surface area contributed by atoms with Crippen molar-refractivity contribution in [1.82, 2.24) is 16.0 Å². The van der Waals surface area contributed by atoms with E-state index in [1.54, 1.807) is 13.8 Å². The Balaban J connectivity index is 2.98. The van der Waals surface area contributed by atoms with Gasteiger partial charge in [-0.2, -0.15) is 0 Å². The lowest BCUT2D eigenvalue weighted by atomic mass is 10.0. The minimum absolute atomic E-state index is 0.00360. The second-order valence-corrected chi connectivity index (χ2v) is 9.51. The molecule has 0 heterocycles. The van der Waals surface area contributed by atoms with Gasteiger partial charge in [0.2, 0.25) is 17.7 Å². The monoisotopic (exact) mass is 537 g/mol. The molecule has 0 radical (unpaired) electrons. The third-order valence-corrected chi connectivity index (χ3v) is 5.65. The van der Waals surface area contributed by atoms with E-state index in [1.165, 1.54) is 24.3 Å². The zero-order chi connectivity index (χ0) is 28.8. The van der Waals surface area contributed by atoms with Crippen LogP contribution in [0.15, 0.2) is 24.3 Å². The number of carbonyl (C=O) groups is 5. The number of nitrogens with two attached hydrogens (primary N) is 2. The van der Waals surface area contributed by atoms with Gasteiger partial charge in [-0.05, 0) is 49.4 Å². The van der Waals surface area contributed by atoms with Gasteiger partial charge in [0.05, 0.1) is 12.5 Å². The Bertz CT molecular complexity index is 954. The van der Waals surface area contributed by atoms with Crippen LogP contribution in [-0.4, -0.2) is 75.7 Å². The fourth-order valence-corrected chi connectivity index (χ4v) is 3.62. The third-order valence-electron chi connectivity index (χ3n) is 5.65. The average Bonchev–Trinajstić information content (AvgIpc) is 2.83. The predicted octanol–water partition coefficient (Wildman–Crippen LogP) is -0.549. The van der Waals surface area contributed by atoms with E-state index in [9.17, 15) is 39.3 Å². The molecule has 1 aromatic rings. The number of phenols is 1. The Morgan fingerprint density at radius 2 is 1.39 bits per heavy atom. The molecule has 0 aliphatic heterocycles. The van der Waals surface area contributed by atoms with Crippen LogP contribution in [0.25, 0.3) is 0 Å². The lowest BCUT2D eigenvalue weighted by Gasteiger charge is -2.25. The average molecular weight is 538 g/mol. The molecule has 0 aromatic heterocycles. The summed E-state index contributed by atoms with van der Waals surface area (Å²) >= 11 is 0. The molecule has 0 aliphatic rings. The van der Waals surface area contributed by atoms with E-state index in [4.69, 9.17) is 11.5 Å². The molecule has 1 aromatic carbocycles. The molecule has 0 aliphatic carbocycles. The maximum Gasteiger partial charge on any atom is 0.326 e. The fourth-order valence-electron chi connectivity index (χ4n) is 3.62. The topological polar surface area (TPSA) is 234 Å². The van der Waals surface area contributed by atoms with E-state index in [0.717, 1.165) is 0 Å². The van der Waals surface area contributed by atoms with Gasteiger partial charge in [0.1, 0.15) is 23.9 Å². The number of phenolic OH excluding ortho intramolecular Hbond substituents is 1. The van der Waals surface area contributed by atoms with Crippen LogP contribution in [0.2, 0.25) is 0 Å². The highest BCUT2D eigenvalue weighted by molar-refractivity contribution is 5.95. The number of aliphatic carboxylic acids is 2. The number of hydrogen-bond donors (Lipinski definition) is 8. The number of unbranched alkanes of at least 4 members (excludes halogenated alkanes) is 1. The molecule has 0 bridgehead atoms. The lowest BCUT2D eigenvalue weighted by molar-refractivity contribution is -0.143. The van der Waals surface area contributed by atoms with Crippen LogP contribution in [0.1, 0.15) is 51.5 Å². The quantitative estimate of drug-likeness (QED) is 0.118. The van der Waals surface area contributed by atoms with Crippen molar-refractivity contribution < 1.29 is 39.3 Å². The van der Waals surface area contributed by atoms with Gasteiger partial charge in [0, 0.05) is 6.42 Å². The second kappa shape index (κ2) is 16.2. The Hall–Kier alpha value is -3.71. The smallest absolute Gasteiger partial charge is 0.326 e. The standard InChI is InChI=1S/C25H39N5O8/c1-14(2)11-18(23(35)30-20(25(37)38)12-15-6-8-16(31)9-7-15)29-24(36)19(13-21(32)33)28-22(34)17(27)5-3-4-10-26/h6-9,14,17-20,31H,3-5,10-13,26-27H2,1-2H3,(H,28,34)(H,29,36)(H,30,35)(H,32,33)(H,37,38). The molecular weight excluding hydrogens is 498 g/mol. The maximum atomic E-state index is 13.0. The summed E-state index contributed by atoms with van der Waals surface area (Å²) in [5.41, 5.74) is 11.8. The van der Waals surface area contributed by atoms with E-state index in [-0.39, 0.29) is 24.5 Å². The first kappa shape index (κ1) is 32.3. The predicted molar refractivity (Wildman–Crippen MR) is 138 cm³/mol. The van der Waals surface area contributed by atoms with E-state index in [2.05, 4.69) is 16.0 Å². The molecule has 0 fully saturated rings. The van der Waals surface area contributed by atoms with Gasteiger partial charge in [-0.1, -0.05) is 32.4 Å². The number of carboxylic acids is 2. The third kappa shape index (κ3) is 12.0. The molecule has 10 N–H and O–H groups in total. The van der Waals surface area contributed by atoms with E-state index in [0.29, 0.717) is 31.4 Å². The van der Waals surface area contributed by atoms with Crippen LogP contribution in [0.4, 0.5) is 0 Å². The van der Waals surface area contributed by atoms with E-state index < -0.39 is 60.2 Å². The Morgan fingerprint density at radius 1 is 0.842 bits per heavy atom. The number of rotatable bonds is 17. The van der Waals surface area contributed by atoms with Crippen molar-refractivity contribution in [3.05, 3.63) is 29.8 Å². The molecule has 3 amide bonds. The van der Waals surface area contributed by atoms with Crippen LogP contribution in [0.3, 0.4) is 0 Å². The zero-order valence-electron chi connectivity index (χ0n) is 21.7. The molecule has 212 valence electrons. The number of amides is 3. The minimum atomic E-state index is -1.50. The summed E-state index contributed by atoms with van der Waals surface area (Å²) in [5.74, 6) is -5.17. The molecule has 13 heteroatoms. The molecule has 0 saturated carbocycles. The summed E-state index contributed by atoms with van der Waals surface area (Å²) in [6, 6.07) is 0.801. The first-order chi connectivity index (χ1) is 17.8. The molecule has 0 spiro atoms. The second-order valence-electron chi connectivity index (χ2n) is 9.51. The van der Waals surface area contributed by atoms with Gasteiger partial charge < -0.3 is 42.7 Å².